The van der Waals surface area contributed by atoms with Crippen molar-refractivity contribution < 1.29 is 14.3 Å². The molecule has 0 unspecified atom stereocenters. The van der Waals surface area contributed by atoms with Crippen LogP contribution in [0.25, 0.3) is 0 Å². The number of hydrogen-bond acceptors (Lipinski definition) is 4. The minimum atomic E-state index is -0.0430. The van der Waals surface area contributed by atoms with Crippen LogP contribution < -0.4 is 14.8 Å². The fourth-order valence-electron chi connectivity index (χ4n) is 1.80. The maximum atomic E-state index is 11.9. The number of methoxy groups -OCH3 is 1. The molecule has 1 aromatic carbocycles. The molecule has 21 heavy (non-hydrogen) atoms. The second kappa shape index (κ2) is 7.13. The molecule has 1 heterocycles. The van der Waals surface area contributed by atoms with Crippen molar-refractivity contribution in [3.05, 3.63) is 46.2 Å². The quantitative estimate of drug-likeness (QED) is 0.889. The number of nitrogens with one attached hydrogen (secondary N) is 1. The third-order valence-corrected chi connectivity index (χ3v) is 3.74. The van der Waals surface area contributed by atoms with Gasteiger partial charge in [-0.25, -0.2) is 0 Å². The van der Waals surface area contributed by atoms with Gasteiger partial charge in [0, 0.05) is 11.6 Å². The minimum absolute atomic E-state index is 0.0430. The van der Waals surface area contributed by atoms with Crippen molar-refractivity contribution in [3.63, 3.8) is 0 Å². The molecule has 0 saturated carbocycles. The van der Waals surface area contributed by atoms with E-state index in [9.17, 15) is 4.79 Å². The van der Waals surface area contributed by atoms with E-state index in [2.05, 4.69) is 5.32 Å². The normalized spacial score (nSPS) is 10.5. The van der Waals surface area contributed by atoms with Gasteiger partial charge in [0.25, 0.3) is 5.91 Å². The molecular weight excluding hydrogens is 286 g/mol. The second-order valence-corrected chi connectivity index (χ2v) is 5.80. The molecule has 1 amide bonds. The number of carbonyl (C=O) groups excluding carboxylic acids is 1. The predicted molar refractivity (Wildman–Crippen MR) is 84.2 cm³/mol. The lowest BCUT2D eigenvalue weighted by molar-refractivity contribution is 0.0947. The summed E-state index contributed by atoms with van der Waals surface area (Å²) in [6.45, 7) is 4.29. The van der Waals surface area contributed by atoms with Crippen molar-refractivity contribution >= 4 is 17.2 Å². The average molecular weight is 305 g/mol. The molecule has 0 aliphatic heterocycles. The number of amides is 1. The number of hydrogen-bond donors (Lipinski definition) is 1. The summed E-state index contributed by atoms with van der Waals surface area (Å²) < 4.78 is 11.0. The lowest BCUT2D eigenvalue weighted by atomic mass is 10.3. The van der Waals surface area contributed by atoms with E-state index < -0.39 is 0 Å². The van der Waals surface area contributed by atoms with Gasteiger partial charge in [-0.05, 0) is 37.4 Å². The van der Waals surface area contributed by atoms with Crippen LogP contribution in [0.3, 0.4) is 0 Å². The Labute approximate surface area is 128 Å². The molecule has 0 atom stereocenters. The predicted octanol–water partition coefficient (Wildman–Crippen LogP) is 3.47. The first-order valence-electron chi connectivity index (χ1n) is 6.74. The molecule has 0 aliphatic carbocycles. The standard InChI is InChI=1S/C16H19NO3S/c1-11(2)17-16(18)15-8-12(10-21-15)9-20-14-7-5-4-6-13(14)19-3/h4-8,10-11H,9H2,1-3H3,(H,17,18). The summed E-state index contributed by atoms with van der Waals surface area (Å²) in [7, 11) is 1.61. The molecular formula is C16H19NO3S. The lowest BCUT2D eigenvalue weighted by Gasteiger charge is -2.09. The van der Waals surface area contributed by atoms with E-state index in [4.69, 9.17) is 9.47 Å². The number of ether oxygens (including phenoxy) is 2. The van der Waals surface area contributed by atoms with Crippen LogP contribution in [0, 0.1) is 0 Å². The smallest absolute Gasteiger partial charge is 0.261 e. The summed E-state index contributed by atoms with van der Waals surface area (Å²) in [5.41, 5.74) is 0.972. The first kappa shape index (κ1) is 15.4. The molecule has 0 bridgehead atoms. The minimum Gasteiger partial charge on any atom is -0.493 e. The maximum absolute atomic E-state index is 11.9. The Morgan fingerprint density at radius 1 is 1.29 bits per heavy atom. The molecule has 112 valence electrons. The molecule has 2 rings (SSSR count). The largest absolute Gasteiger partial charge is 0.493 e. The molecule has 0 saturated heterocycles. The van der Waals surface area contributed by atoms with Crippen molar-refractivity contribution in [1.29, 1.82) is 0 Å². The van der Waals surface area contributed by atoms with Crippen LogP contribution in [0.1, 0.15) is 29.1 Å². The highest BCUT2D eigenvalue weighted by Crippen LogP contribution is 2.27. The zero-order valence-electron chi connectivity index (χ0n) is 12.4. The van der Waals surface area contributed by atoms with E-state index in [1.165, 1.54) is 11.3 Å². The number of benzene rings is 1. The molecule has 2 aromatic rings. The van der Waals surface area contributed by atoms with Crippen molar-refractivity contribution in [1.82, 2.24) is 5.32 Å². The van der Waals surface area contributed by atoms with Gasteiger partial charge in [0.1, 0.15) is 6.61 Å². The summed E-state index contributed by atoms with van der Waals surface area (Å²) in [5, 5.41) is 4.81. The van der Waals surface area contributed by atoms with Crippen molar-refractivity contribution in [2.75, 3.05) is 7.11 Å². The summed E-state index contributed by atoms with van der Waals surface area (Å²) in [6.07, 6.45) is 0. The highest BCUT2D eigenvalue weighted by molar-refractivity contribution is 7.12. The van der Waals surface area contributed by atoms with Gasteiger partial charge >= 0.3 is 0 Å². The Bertz CT molecular complexity index is 607. The van der Waals surface area contributed by atoms with E-state index >= 15 is 0 Å². The maximum Gasteiger partial charge on any atom is 0.261 e. The number of thiophene rings is 1. The van der Waals surface area contributed by atoms with Gasteiger partial charge < -0.3 is 14.8 Å². The number of rotatable bonds is 6. The van der Waals surface area contributed by atoms with Gasteiger partial charge in [0.2, 0.25) is 0 Å². The van der Waals surface area contributed by atoms with Crippen LogP contribution in [0.2, 0.25) is 0 Å². The summed E-state index contributed by atoms with van der Waals surface area (Å²) >= 11 is 1.42. The summed E-state index contributed by atoms with van der Waals surface area (Å²) in [4.78, 5) is 12.6. The highest BCUT2D eigenvalue weighted by atomic mass is 32.1. The van der Waals surface area contributed by atoms with E-state index in [1.807, 2.05) is 49.6 Å². The first-order chi connectivity index (χ1) is 10.1. The molecule has 1 aromatic heterocycles. The van der Waals surface area contributed by atoms with E-state index in [0.29, 0.717) is 23.0 Å². The molecule has 0 fully saturated rings. The zero-order chi connectivity index (χ0) is 15.2. The molecule has 0 radical (unpaired) electrons. The Morgan fingerprint density at radius 2 is 2.00 bits per heavy atom. The molecule has 4 nitrogen and oxygen atoms in total. The molecule has 0 aliphatic rings. The SMILES string of the molecule is COc1ccccc1OCc1csc(C(=O)NC(C)C)c1. The fourth-order valence-corrected chi connectivity index (χ4v) is 2.60. The van der Waals surface area contributed by atoms with Gasteiger partial charge in [0.05, 0.1) is 12.0 Å². The van der Waals surface area contributed by atoms with Crippen LogP contribution in [0.4, 0.5) is 0 Å². The van der Waals surface area contributed by atoms with Gasteiger partial charge in [-0.15, -0.1) is 11.3 Å². The summed E-state index contributed by atoms with van der Waals surface area (Å²) in [5.74, 6) is 1.35. The average Bonchev–Trinajstić information content (AvgIpc) is 2.93. The van der Waals surface area contributed by atoms with E-state index in [1.54, 1.807) is 7.11 Å². The van der Waals surface area contributed by atoms with Crippen LogP contribution in [-0.4, -0.2) is 19.1 Å². The van der Waals surface area contributed by atoms with Gasteiger partial charge in [-0.1, -0.05) is 12.1 Å². The van der Waals surface area contributed by atoms with Gasteiger partial charge in [-0.2, -0.15) is 0 Å². The van der Waals surface area contributed by atoms with Crippen LogP contribution in [0.15, 0.2) is 35.7 Å². The summed E-state index contributed by atoms with van der Waals surface area (Å²) in [6, 6.07) is 9.49. The third-order valence-electron chi connectivity index (χ3n) is 2.76. The topological polar surface area (TPSA) is 47.6 Å². The number of carbonyl (C=O) groups is 1. The second-order valence-electron chi connectivity index (χ2n) is 4.89. The molecule has 1 N–H and O–H groups in total. The van der Waals surface area contributed by atoms with Gasteiger partial charge in [0.15, 0.2) is 11.5 Å². The highest BCUT2D eigenvalue weighted by Gasteiger charge is 2.11. The Balaban J connectivity index is 1.98. The first-order valence-corrected chi connectivity index (χ1v) is 7.62. The Hall–Kier alpha value is -2.01. The van der Waals surface area contributed by atoms with Crippen LogP contribution in [-0.2, 0) is 6.61 Å². The monoisotopic (exact) mass is 305 g/mol. The van der Waals surface area contributed by atoms with Crippen molar-refractivity contribution in [2.45, 2.75) is 26.5 Å². The van der Waals surface area contributed by atoms with Crippen LogP contribution in [0.5, 0.6) is 11.5 Å². The zero-order valence-corrected chi connectivity index (χ0v) is 13.2. The Kier molecular flexibility index (Phi) is 5.22. The third kappa shape index (κ3) is 4.23. The van der Waals surface area contributed by atoms with Crippen molar-refractivity contribution in [2.24, 2.45) is 0 Å². The number of para-hydroxylation sites is 2. The van der Waals surface area contributed by atoms with Crippen LogP contribution >= 0.6 is 11.3 Å². The molecule has 5 heteroatoms. The Morgan fingerprint density at radius 3 is 2.67 bits per heavy atom. The fraction of sp³-hybridized carbons (Fsp3) is 0.312. The van der Waals surface area contributed by atoms with Gasteiger partial charge in [-0.3, -0.25) is 4.79 Å². The van der Waals surface area contributed by atoms with E-state index in [0.717, 1.165) is 5.56 Å². The van der Waals surface area contributed by atoms with Crippen molar-refractivity contribution in [3.8, 4) is 11.5 Å². The molecule has 0 spiro atoms. The lowest BCUT2D eigenvalue weighted by Crippen LogP contribution is -2.29. The van der Waals surface area contributed by atoms with E-state index in [-0.39, 0.29) is 11.9 Å².